The van der Waals surface area contributed by atoms with Gasteiger partial charge < -0.3 is 0 Å². The third-order valence-corrected chi connectivity index (χ3v) is 11.2. The van der Waals surface area contributed by atoms with Crippen LogP contribution in [-0.4, -0.2) is 16.1 Å². The molecule has 2 unspecified atom stereocenters. The molecule has 0 amide bonds. The van der Waals surface area contributed by atoms with Crippen LogP contribution < -0.4 is 10.6 Å². The summed E-state index contributed by atoms with van der Waals surface area (Å²) in [4.78, 5) is 0. The highest BCUT2D eigenvalue weighted by molar-refractivity contribution is 7.74. The van der Waals surface area contributed by atoms with Gasteiger partial charge in [0.1, 0.15) is 0 Å². The van der Waals surface area contributed by atoms with Crippen LogP contribution in [-0.2, 0) is 0 Å². The van der Waals surface area contributed by atoms with Crippen LogP contribution in [0.1, 0.15) is 45.7 Å². The molecule has 0 N–H and O–H groups in total. The Balaban J connectivity index is 2.12. The van der Waals surface area contributed by atoms with Crippen molar-refractivity contribution in [1.82, 2.24) is 0 Å². The molecule has 1 heterocycles. The second-order valence-electron chi connectivity index (χ2n) is 7.81. The van der Waals surface area contributed by atoms with E-state index in [0.29, 0.717) is 5.66 Å². The van der Waals surface area contributed by atoms with E-state index in [1.807, 2.05) is 0 Å². The Morgan fingerprint density at radius 2 is 1.19 bits per heavy atom. The molecular weight excluding hydrogens is 350 g/mol. The van der Waals surface area contributed by atoms with Crippen molar-refractivity contribution < 1.29 is 0 Å². The van der Waals surface area contributed by atoms with Gasteiger partial charge >= 0.3 is 0 Å². The molecule has 0 aliphatic carbocycles. The zero-order chi connectivity index (χ0) is 19.1. The summed E-state index contributed by atoms with van der Waals surface area (Å²) in [6, 6.07) is 18.5. The van der Waals surface area contributed by atoms with Crippen LogP contribution in [0.2, 0.25) is 0 Å². The third kappa shape index (κ3) is 3.47. The monoisotopic (exact) mass is 380 g/mol. The normalized spacial score (nSPS) is 21.9. The number of hydrogen-bond acceptors (Lipinski definition) is 0. The Kier molecular flexibility index (Phi) is 5.58. The summed E-state index contributed by atoms with van der Waals surface area (Å²) in [5, 5.41) is 4.75. The average Bonchev–Trinajstić information content (AvgIpc) is 2.82. The first-order chi connectivity index (χ1) is 12.2. The molecule has 0 saturated carbocycles. The molecule has 0 aromatic heterocycles. The minimum absolute atomic E-state index is 0.218. The van der Waals surface area contributed by atoms with E-state index in [2.05, 4.69) is 97.0 Å². The summed E-state index contributed by atoms with van der Waals surface area (Å²) < 4.78 is 0. The maximum Gasteiger partial charge on any atom is 0.0378 e. The SMILES string of the molecule is CC1=PC(C)(C(C)P(c2ccc(C)cc2)c2ccc(C)cc2)C(C)=C1C. The Bertz CT molecular complexity index is 811. The molecule has 1 aliphatic heterocycles. The summed E-state index contributed by atoms with van der Waals surface area (Å²) in [5.74, 6) is 0. The van der Waals surface area contributed by atoms with Crippen molar-refractivity contribution in [1.29, 1.82) is 0 Å². The molecule has 0 bridgehead atoms. The molecule has 2 aromatic rings. The van der Waals surface area contributed by atoms with E-state index in [-0.39, 0.29) is 5.16 Å². The van der Waals surface area contributed by atoms with Gasteiger partial charge in [-0.25, -0.2) is 0 Å². The minimum atomic E-state index is -0.416. The van der Waals surface area contributed by atoms with E-state index in [0.717, 1.165) is 0 Å². The zero-order valence-corrected chi connectivity index (χ0v) is 18.9. The van der Waals surface area contributed by atoms with Crippen molar-refractivity contribution >= 4 is 32.0 Å². The molecule has 0 saturated heterocycles. The molecule has 136 valence electrons. The van der Waals surface area contributed by atoms with Crippen LogP contribution in [0.4, 0.5) is 0 Å². The lowest BCUT2D eigenvalue weighted by molar-refractivity contribution is 0.722. The summed E-state index contributed by atoms with van der Waals surface area (Å²) in [6.07, 6.45) is 0. The highest BCUT2D eigenvalue weighted by atomic mass is 31.1. The van der Waals surface area contributed by atoms with Gasteiger partial charge in [-0.15, -0.1) is 0 Å². The molecule has 26 heavy (non-hydrogen) atoms. The van der Waals surface area contributed by atoms with Crippen LogP contribution in [0, 0.1) is 13.8 Å². The predicted octanol–water partition coefficient (Wildman–Crippen LogP) is 6.37. The fraction of sp³-hybridized carbons (Fsp3) is 0.375. The molecule has 0 radical (unpaired) electrons. The topological polar surface area (TPSA) is 0 Å². The lowest BCUT2D eigenvalue weighted by Gasteiger charge is -2.38. The maximum atomic E-state index is 2.48. The Morgan fingerprint density at radius 3 is 1.54 bits per heavy atom. The van der Waals surface area contributed by atoms with Gasteiger partial charge in [0.05, 0.1) is 0 Å². The second kappa shape index (κ2) is 7.42. The molecule has 0 spiro atoms. The van der Waals surface area contributed by atoms with Crippen LogP contribution in [0.15, 0.2) is 59.7 Å². The summed E-state index contributed by atoms with van der Waals surface area (Å²) in [5.41, 5.74) is 6.35. The van der Waals surface area contributed by atoms with Crippen LogP contribution in [0.25, 0.3) is 0 Å². The van der Waals surface area contributed by atoms with Gasteiger partial charge in [0, 0.05) is 10.8 Å². The number of hydrogen-bond donors (Lipinski definition) is 0. The van der Waals surface area contributed by atoms with Crippen LogP contribution in [0.3, 0.4) is 0 Å². The van der Waals surface area contributed by atoms with Gasteiger partial charge in [0.2, 0.25) is 0 Å². The third-order valence-electron chi connectivity index (χ3n) is 6.09. The number of benzene rings is 2. The quantitative estimate of drug-likeness (QED) is 0.541. The van der Waals surface area contributed by atoms with Gasteiger partial charge in [-0.3, -0.25) is 0 Å². The smallest absolute Gasteiger partial charge is 0.0378 e. The van der Waals surface area contributed by atoms with Crippen molar-refractivity contribution in [2.75, 3.05) is 0 Å². The van der Waals surface area contributed by atoms with E-state index >= 15 is 0 Å². The van der Waals surface area contributed by atoms with E-state index < -0.39 is 7.92 Å². The molecule has 1 aliphatic rings. The highest BCUT2D eigenvalue weighted by Gasteiger charge is 2.41. The Hall–Kier alpha value is -1.22. The maximum absolute atomic E-state index is 2.48. The van der Waals surface area contributed by atoms with Crippen molar-refractivity contribution in [2.24, 2.45) is 0 Å². The summed E-state index contributed by atoms with van der Waals surface area (Å²) in [7, 11) is 1.07. The zero-order valence-electron chi connectivity index (χ0n) is 17.1. The number of rotatable bonds is 4. The van der Waals surface area contributed by atoms with Gasteiger partial charge in [-0.2, -0.15) is 0 Å². The fourth-order valence-corrected chi connectivity index (χ4v) is 8.74. The van der Waals surface area contributed by atoms with E-state index in [1.54, 1.807) is 10.9 Å². The standard InChI is InChI=1S/C24H30P2/c1-16-8-12-22(13-9-16)26(23-14-10-17(2)11-15-23)21(6)24(7)19(4)18(3)20(5)25-24/h8-15,21H,1-7H3. The van der Waals surface area contributed by atoms with Gasteiger partial charge in [0.15, 0.2) is 0 Å². The number of aryl methyl sites for hydroxylation is 2. The summed E-state index contributed by atoms with van der Waals surface area (Å²) in [6.45, 7) is 16.3. The lowest BCUT2D eigenvalue weighted by Crippen LogP contribution is -2.36. The largest absolute Gasteiger partial charge is 0.0893 e. The molecular formula is C24H30P2. The predicted molar refractivity (Wildman–Crippen MR) is 122 cm³/mol. The van der Waals surface area contributed by atoms with E-state index in [4.69, 9.17) is 0 Å². The van der Waals surface area contributed by atoms with Crippen molar-refractivity contribution in [3.05, 3.63) is 70.8 Å². The molecule has 2 heteroatoms. The fourth-order valence-electron chi connectivity index (χ4n) is 3.83. The molecule has 2 atom stereocenters. The minimum Gasteiger partial charge on any atom is -0.0893 e. The Labute approximate surface area is 162 Å². The first kappa shape index (κ1) is 19.5. The van der Waals surface area contributed by atoms with Crippen molar-refractivity contribution in [2.45, 2.75) is 59.3 Å². The molecule has 0 fully saturated rings. The van der Waals surface area contributed by atoms with E-state index in [1.165, 1.54) is 35.5 Å². The lowest BCUT2D eigenvalue weighted by atomic mass is 9.93. The second-order valence-corrected chi connectivity index (χ2v) is 12.2. The van der Waals surface area contributed by atoms with Crippen molar-refractivity contribution in [3.8, 4) is 0 Å². The van der Waals surface area contributed by atoms with E-state index in [9.17, 15) is 0 Å². The highest BCUT2D eigenvalue weighted by Crippen LogP contribution is 2.55. The summed E-state index contributed by atoms with van der Waals surface area (Å²) >= 11 is 0. The first-order valence-electron chi connectivity index (χ1n) is 9.41. The molecule has 2 aromatic carbocycles. The van der Waals surface area contributed by atoms with Crippen molar-refractivity contribution in [3.63, 3.8) is 0 Å². The Morgan fingerprint density at radius 1 is 0.769 bits per heavy atom. The average molecular weight is 380 g/mol. The number of allylic oxidation sites excluding steroid dienone is 2. The van der Waals surface area contributed by atoms with Gasteiger partial charge in [-0.05, 0) is 70.9 Å². The van der Waals surface area contributed by atoms with Crippen LogP contribution >= 0.6 is 16.1 Å². The first-order valence-corrected chi connectivity index (χ1v) is 11.7. The molecule has 3 rings (SSSR count). The van der Waals surface area contributed by atoms with Gasteiger partial charge in [-0.1, -0.05) is 80.4 Å². The van der Waals surface area contributed by atoms with Crippen LogP contribution in [0.5, 0.6) is 0 Å². The van der Waals surface area contributed by atoms with Gasteiger partial charge in [0.25, 0.3) is 0 Å². The molecule has 0 nitrogen and oxygen atoms in total.